The second-order valence-corrected chi connectivity index (χ2v) is 4.01. The zero-order valence-electron chi connectivity index (χ0n) is 5.70. The molecule has 0 aromatic heterocycles. The third kappa shape index (κ3) is 2.34. The van der Waals surface area contributed by atoms with Crippen molar-refractivity contribution in [1.29, 1.82) is 0 Å². The molecule has 0 bridgehead atoms. The van der Waals surface area contributed by atoms with Gasteiger partial charge in [-0.15, -0.1) is 0 Å². The second kappa shape index (κ2) is 3.85. The number of rotatable bonds is 0. The van der Waals surface area contributed by atoms with Crippen LogP contribution in [0.3, 0.4) is 0 Å². The van der Waals surface area contributed by atoms with E-state index in [4.69, 9.17) is 0 Å². The first-order chi connectivity index (χ1) is 4.70. The predicted octanol–water partition coefficient (Wildman–Crippen LogP) is 0.154. The zero-order valence-corrected chi connectivity index (χ0v) is 7.86. The number of halogens is 1. The molecular formula is C6H12INO2. The summed E-state index contributed by atoms with van der Waals surface area (Å²) >= 11 is 2.17. The van der Waals surface area contributed by atoms with Gasteiger partial charge in [0.2, 0.25) is 0 Å². The Balaban J connectivity index is 2.41. The van der Waals surface area contributed by atoms with Gasteiger partial charge < -0.3 is 10.2 Å². The summed E-state index contributed by atoms with van der Waals surface area (Å²) in [6.07, 6.45) is 0.626. The van der Waals surface area contributed by atoms with Crippen LogP contribution >= 0.6 is 22.9 Å². The Hall–Kier alpha value is 0.610. The first-order valence-electron chi connectivity index (χ1n) is 3.47. The minimum absolute atomic E-state index is 0.514. The molecule has 0 aromatic rings. The van der Waals surface area contributed by atoms with Gasteiger partial charge in [-0.2, -0.15) is 0 Å². The van der Waals surface area contributed by atoms with Crippen molar-refractivity contribution in [1.82, 2.24) is 3.11 Å². The summed E-state index contributed by atoms with van der Waals surface area (Å²) in [6, 6.07) is 0. The molecule has 2 N–H and O–H groups in total. The van der Waals surface area contributed by atoms with Crippen LogP contribution in [0.15, 0.2) is 0 Å². The van der Waals surface area contributed by atoms with Crippen molar-refractivity contribution >= 4 is 22.9 Å². The molecule has 0 aliphatic carbocycles. The average molecular weight is 257 g/mol. The number of β-amino-alcohol motifs (C(OH)–C–C–N with tert-alkyl or cyclic N) is 1. The Kier molecular flexibility index (Phi) is 3.35. The Labute approximate surface area is 74.5 Å². The molecule has 2 atom stereocenters. The van der Waals surface area contributed by atoms with Gasteiger partial charge >= 0.3 is 0 Å². The highest BCUT2D eigenvalue weighted by atomic mass is 127. The van der Waals surface area contributed by atoms with Crippen LogP contribution in [0.5, 0.6) is 0 Å². The third-order valence-corrected chi connectivity index (χ3v) is 2.61. The van der Waals surface area contributed by atoms with E-state index in [0.717, 1.165) is 19.4 Å². The van der Waals surface area contributed by atoms with Crippen molar-refractivity contribution in [2.75, 3.05) is 13.1 Å². The second-order valence-electron chi connectivity index (χ2n) is 2.65. The molecule has 0 amide bonds. The molecule has 10 heavy (non-hydrogen) atoms. The first kappa shape index (κ1) is 8.70. The zero-order chi connectivity index (χ0) is 7.56. The Bertz CT molecular complexity index is 112. The standard InChI is InChI=1S/C6H12INO2/c7-8-3-1-2-5(9)6(10)4-8/h5-6,9-10H,1-4H2. The molecule has 0 spiro atoms. The molecule has 1 fully saturated rings. The van der Waals surface area contributed by atoms with E-state index in [9.17, 15) is 10.2 Å². The monoisotopic (exact) mass is 257 g/mol. The molecule has 1 rings (SSSR count). The average Bonchev–Trinajstić information content (AvgIpc) is 1.96. The van der Waals surface area contributed by atoms with Crippen molar-refractivity contribution in [3.63, 3.8) is 0 Å². The van der Waals surface area contributed by atoms with Gasteiger partial charge in [0.05, 0.1) is 12.2 Å². The molecular weight excluding hydrogens is 245 g/mol. The Morgan fingerprint density at radius 1 is 1.30 bits per heavy atom. The van der Waals surface area contributed by atoms with Crippen LogP contribution in [-0.4, -0.2) is 38.6 Å². The third-order valence-electron chi connectivity index (χ3n) is 1.73. The number of hydrogen-bond acceptors (Lipinski definition) is 3. The number of nitrogens with zero attached hydrogens (tertiary/aromatic N) is 1. The van der Waals surface area contributed by atoms with E-state index in [0.29, 0.717) is 6.54 Å². The topological polar surface area (TPSA) is 43.7 Å². The molecule has 2 unspecified atom stereocenters. The van der Waals surface area contributed by atoms with Crippen LogP contribution in [0.2, 0.25) is 0 Å². The quantitative estimate of drug-likeness (QED) is 0.479. The molecule has 4 heteroatoms. The number of aliphatic hydroxyl groups excluding tert-OH is 2. The molecule has 1 aliphatic rings. The highest BCUT2D eigenvalue weighted by molar-refractivity contribution is 14.1. The highest BCUT2D eigenvalue weighted by Gasteiger charge is 2.21. The maximum absolute atomic E-state index is 9.23. The summed E-state index contributed by atoms with van der Waals surface area (Å²) in [4.78, 5) is 0. The van der Waals surface area contributed by atoms with Crippen LogP contribution in [0.4, 0.5) is 0 Å². The largest absolute Gasteiger partial charge is 0.390 e. The van der Waals surface area contributed by atoms with Gasteiger partial charge in [-0.3, -0.25) is 0 Å². The van der Waals surface area contributed by atoms with E-state index in [-0.39, 0.29) is 0 Å². The lowest BCUT2D eigenvalue weighted by atomic mass is 10.1. The first-order valence-corrected chi connectivity index (χ1v) is 4.43. The maximum Gasteiger partial charge on any atom is 0.0933 e. The minimum Gasteiger partial charge on any atom is -0.390 e. The van der Waals surface area contributed by atoms with Gasteiger partial charge in [-0.1, -0.05) is 0 Å². The molecule has 3 nitrogen and oxygen atoms in total. The van der Waals surface area contributed by atoms with Crippen molar-refractivity contribution in [2.45, 2.75) is 25.0 Å². The fourth-order valence-corrected chi connectivity index (χ4v) is 1.83. The highest BCUT2D eigenvalue weighted by Crippen LogP contribution is 2.13. The molecule has 60 valence electrons. The van der Waals surface area contributed by atoms with Crippen LogP contribution in [0.25, 0.3) is 0 Å². The van der Waals surface area contributed by atoms with Crippen molar-refractivity contribution in [3.05, 3.63) is 0 Å². The van der Waals surface area contributed by atoms with Crippen LogP contribution < -0.4 is 0 Å². The van der Waals surface area contributed by atoms with E-state index in [1.54, 1.807) is 0 Å². The summed E-state index contributed by atoms with van der Waals surface area (Å²) in [6.45, 7) is 1.55. The van der Waals surface area contributed by atoms with Crippen molar-refractivity contribution < 1.29 is 10.2 Å². The lowest BCUT2D eigenvalue weighted by molar-refractivity contribution is 0.0184. The van der Waals surface area contributed by atoms with E-state index < -0.39 is 12.2 Å². The summed E-state index contributed by atoms with van der Waals surface area (Å²) < 4.78 is 2.01. The molecule has 0 radical (unpaired) electrons. The number of hydrogen-bond donors (Lipinski definition) is 2. The molecule has 0 saturated carbocycles. The Morgan fingerprint density at radius 3 is 2.70 bits per heavy atom. The van der Waals surface area contributed by atoms with E-state index in [2.05, 4.69) is 22.9 Å². The van der Waals surface area contributed by atoms with E-state index in [1.165, 1.54) is 0 Å². The van der Waals surface area contributed by atoms with E-state index in [1.807, 2.05) is 3.11 Å². The van der Waals surface area contributed by atoms with E-state index >= 15 is 0 Å². The van der Waals surface area contributed by atoms with Gasteiger partial charge in [0.15, 0.2) is 0 Å². The van der Waals surface area contributed by atoms with Crippen LogP contribution in [-0.2, 0) is 0 Å². The van der Waals surface area contributed by atoms with Gasteiger partial charge in [0.1, 0.15) is 0 Å². The van der Waals surface area contributed by atoms with Gasteiger partial charge in [0.25, 0.3) is 0 Å². The van der Waals surface area contributed by atoms with Crippen LogP contribution in [0.1, 0.15) is 12.8 Å². The van der Waals surface area contributed by atoms with Crippen LogP contribution in [0, 0.1) is 0 Å². The van der Waals surface area contributed by atoms with Crippen molar-refractivity contribution in [3.8, 4) is 0 Å². The van der Waals surface area contributed by atoms with Crippen molar-refractivity contribution in [2.24, 2.45) is 0 Å². The number of aliphatic hydroxyl groups is 2. The molecule has 0 aromatic carbocycles. The lowest BCUT2D eigenvalue weighted by Crippen LogP contribution is -2.31. The minimum atomic E-state index is -0.556. The fraction of sp³-hybridized carbons (Fsp3) is 1.00. The summed E-state index contributed by atoms with van der Waals surface area (Å²) in [5, 5.41) is 18.4. The van der Waals surface area contributed by atoms with Gasteiger partial charge in [-0.25, -0.2) is 3.11 Å². The Morgan fingerprint density at radius 2 is 2.00 bits per heavy atom. The lowest BCUT2D eigenvalue weighted by Gasteiger charge is -2.15. The van der Waals surface area contributed by atoms with Gasteiger partial charge in [0, 0.05) is 36.0 Å². The molecule has 1 saturated heterocycles. The summed E-state index contributed by atoms with van der Waals surface area (Å²) in [5.41, 5.74) is 0. The summed E-state index contributed by atoms with van der Waals surface area (Å²) in [7, 11) is 0. The fourth-order valence-electron chi connectivity index (χ4n) is 1.08. The summed E-state index contributed by atoms with van der Waals surface area (Å²) in [5.74, 6) is 0. The SMILES string of the molecule is OC1CCCN(I)CC1O. The predicted molar refractivity (Wildman–Crippen MR) is 46.8 cm³/mol. The normalized spacial score (nSPS) is 37.5. The molecule has 1 heterocycles. The van der Waals surface area contributed by atoms with Gasteiger partial charge in [-0.05, 0) is 12.8 Å². The maximum atomic E-state index is 9.23. The smallest absolute Gasteiger partial charge is 0.0933 e. The molecule has 1 aliphatic heterocycles.